The largest absolute Gasteiger partial charge is 0.478 e. The van der Waals surface area contributed by atoms with Gasteiger partial charge in [-0.3, -0.25) is 15.4 Å². The molecule has 2 aromatic carbocycles. The molecule has 0 saturated carbocycles. The zero-order chi connectivity index (χ0) is 20.1. The monoisotopic (exact) mass is 401 g/mol. The minimum atomic E-state index is -5.16. The van der Waals surface area contributed by atoms with Crippen molar-refractivity contribution in [3.8, 4) is 0 Å². The van der Waals surface area contributed by atoms with Gasteiger partial charge in [-0.05, 0) is 31.2 Å². The van der Waals surface area contributed by atoms with Gasteiger partial charge < -0.3 is 4.74 Å². The van der Waals surface area contributed by atoms with E-state index in [1.807, 2.05) is 0 Å². The van der Waals surface area contributed by atoms with Crippen molar-refractivity contribution >= 4 is 29.2 Å². The van der Waals surface area contributed by atoms with Crippen molar-refractivity contribution in [2.75, 3.05) is 6.61 Å². The number of amides is 1. The first kappa shape index (κ1) is 20.7. The van der Waals surface area contributed by atoms with E-state index in [4.69, 9.17) is 11.6 Å². The standard InChI is InChI=1S/C18H16ClF3N2O3/c1-2-27-16(26)17(18(20,21)22,23-12-8-4-3-5-9-12)24-15(25)13-10-6-7-11-14(13)19/h3-11,23H,2H2,1H3,(H,24,25)/p+1/t17-/m0/s1. The molecule has 0 heterocycles. The molecule has 0 spiro atoms. The molecule has 0 aliphatic heterocycles. The van der Waals surface area contributed by atoms with Crippen LogP contribution in [0.5, 0.6) is 0 Å². The van der Waals surface area contributed by atoms with E-state index in [9.17, 15) is 22.8 Å². The number of hydrogen-bond acceptors (Lipinski definition) is 3. The molecule has 0 bridgehead atoms. The van der Waals surface area contributed by atoms with Crippen molar-refractivity contribution < 1.29 is 32.8 Å². The zero-order valence-corrected chi connectivity index (χ0v) is 15.0. The number of ether oxygens (including phenoxy) is 1. The third-order valence-electron chi connectivity index (χ3n) is 3.66. The van der Waals surface area contributed by atoms with Crippen LogP contribution < -0.4 is 10.6 Å². The van der Waals surface area contributed by atoms with E-state index < -0.39 is 23.7 Å². The summed E-state index contributed by atoms with van der Waals surface area (Å²) in [5.41, 5.74) is -3.48. The number of benzene rings is 2. The van der Waals surface area contributed by atoms with Gasteiger partial charge in [0, 0.05) is 0 Å². The number of halogens is 4. The number of alkyl halides is 3. The Morgan fingerprint density at radius 1 is 1.07 bits per heavy atom. The van der Waals surface area contributed by atoms with Gasteiger partial charge in [-0.2, -0.15) is 13.2 Å². The van der Waals surface area contributed by atoms with Gasteiger partial charge in [0.15, 0.2) is 0 Å². The molecule has 5 nitrogen and oxygen atoms in total. The highest BCUT2D eigenvalue weighted by atomic mass is 35.5. The Morgan fingerprint density at radius 3 is 2.22 bits per heavy atom. The molecule has 3 N–H and O–H groups in total. The van der Waals surface area contributed by atoms with Crippen LogP contribution in [0.3, 0.4) is 0 Å². The zero-order valence-electron chi connectivity index (χ0n) is 14.2. The number of rotatable bonds is 6. The minimum absolute atomic E-state index is 0.0466. The molecule has 144 valence electrons. The third-order valence-corrected chi connectivity index (χ3v) is 3.99. The summed E-state index contributed by atoms with van der Waals surface area (Å²) in [6.07, 6.45) is -5.16. The summed E-state index contributed by atoms with van der Waals surface area (Å²) in [7, 11) is 0. The molecule has 2 aromatic rings. The molecule has 0 aliphatic carbocycles. The first-order chi connectivity index (χ1) is 12.7. The molecule has 0 aromatic heterocycles. The lowest BCUT2D eigenvalue weighted by Crippen LogP contribution is -3.03. The summed E-state index contributed by atoms with van der Waals surface area (Å²) in [4.78, 5) is 24.9. The molecular weight excluding hydrogens is 385 g/mol. The fourth-order valence-electron chi connectivity index (χ4n) is 2.35. The molecule has 2 rings (SSSR count). The highest BCUT2D eigenvalue weighted by Gasteiger charge is 2.68. The second-order valence-electron chi connectivity index (χ2n) is 5.52. The van der Waals surface area contributed by atoms with Crippen molar-refractivity contribution in [1.82, 2.24) is 5.32 Å². The van der Waals surface area contributed by atoms with Gasteiger partial charge in [0.1, 0.15) is 5.69 Å². The van der Waals surface area contributed by atoms with Gasteiger partial charge in [0.05, 0.1) is 17.2 Å². The topological polar surface area (TPSA) is 72.0 Å². The van der Waals surface area contributed by atoms with Crippen LogP contribution in [0.4, 0.5) is 18.9 Å². The molecule has 27 heavy (non-hydrogen) atoms. The highest BCUT2D eigenvalue weighted by Crippen LogP contribution is 2.28. The van der Waals surface area contributed by atoms with Crippen LogP contribution in [0.2, 0.25) is 5.02 Å². The van der Waals surface area contributed by atoms with Crippen LogP contribution in [-0.2, 0) is 9.53 Å². The van der Waals surface area contributed by atoms with Crippen LogP contribution in [0, 0.1) is 0 Å². The average molecular weight is 402 g/mol. The normalized spacial score (nSPS) is 13.5. The maximum absolute atomic E-state index is 14.0. The predicted octanol–water partition coefficient (Wildman–Crippen LogP) is 2.79. The summed E-state index contributed by atoms with van der Waals surface area (Å²) >= 11 is 5.89. The molecule has 0 fully saturated rings. The predicted molar refractivity (Wildman–Crippen MR) is 92.4 cm³/mol. The fraction of sp³-hybridized carbons (Fsp3) is 0.222. The number of carbonyl (C=O) groups excluding carboxylic acids is 2. The number of carbonyl (C=O) groups is 2. The van der Waals surface area contributed by atoms with Gasteiger partial charge in [-0.25, -0.2) is 4.79 Å². The Balaban J connectivity index is 2.51. The quantitative estimate of drug-likeness (QED) is 0.444. The van der Waals surface area contributed by atoms with Crippen molar-refractivity contribution in [2.45, 2.75) is 18.8 Å². The molecule has 1 amide bonds. The number of esters is 1. The van der Waals surface area contributed by atoms with Crippen molar-refractivity contribution in [1.29, 1.82) is 0 Å². The summed E-state index contributed by atoms with van der Waals surface area (Å²) in [6.45, 7) is 1.08. The van der Waals surface area contributed by atoms with E-state index in [2.05, 4.69) is 4.74 Å². The smallest absolute Gasteiger partial charge is 0.460 e. The second kappa shape index (κ2) is 8.41. The van der Waals surface area contributed by atoms with Crippen molar-refractivity contribution in [2.24, 2.45) is 0 Å². The fourth-order valence-corrected chi connectivity index (χ4v) is 2.57. The van der Waals surface area contributed by atoms with Gasteiger partial charge in [0.25, 0.3) is 5.91 Å². The molecule has 0 radical (unpaired) electrons. The van der Waals surface area contributed by atoms with Crippen LogP contribution in [0.1, 0.15) is 17.3 Å². The van der Waals surface area contributed by atoms with Gasteiger partial charge in [-0.15, -0.1) is 0 Å². The Labute approximate surface area is 158 Å². The molecular formula is C18H17ClF3N2O3+. The lowest BCUT2D eigenvalue weighted by molar-refractivity contribution is -0.678. The molecule has 9 heteroatoms. The number of nitrogens with two attached hydrogens (primary N) is 1. The lowest BCUT2D eigenvalue weighted by atomic mass is 10.1. The summed E-state index contributed by atoms with van der Waals surface area (Å²) in [6, 6.07) is 13.0. The molecule has 0 unspecified atom stereocenters. The number of nitrogens with one attached hydrogen (secondary N) is 1. The second-order valence-corrected chi connectivity index (χ2v) is 5.92. The summed E-state index contributed by atoms with van der Waals surface area (Å²) in [5.74, 6) is -2.79. The van der Waals surface area contributed by atoms with E-state index in [1.165, 1.54) is 55.5 Å². The van der Waals surface area contributed by atoms with E-state index in [0.29, 0.717) is 5.32 Å². The first-order valence-corrected chi connectivity index (χ1v) is 8.31. The maximum atomic E-state index is 14.0. The van der Waals surface area contributed by atoms with Crippen LogP contribution in [0.25, 0.3) is 0 Å². The van der Waals surface area contributed by atoms with Gasteiger partial charge in [0.2, 0.25) is 0 Å². The van der Waals surface area contributed by atoms with E-state index in [1.54, 1.807) is 11.4 Å². The SMILES string of the molecule is CCOC(=O)[C@@](NC(=O)c1ccccc1Cl)([NH2+]c1ccccc1)C(F)(F)F. The summed E-state index contributed by atoms with van der Waals surface area (Å²) in [5, 5.41) is 2.36. The number of para-hydroxylation sites is 1. The maximum Gasteiger partial charge on any atom is 0.478 e. The van der Waals surface area contributed by atoms with Crippen LogP contribution in [0.15, 0.2) is 54.6 Å². The highest BCUT2D eigenvalue weighted by molar-refractivity contribution is 6.33. The number of quaternary nitrogens is 1. The van der Waals surface area contributed by atoms with Crippen LogP contribution in [-0.4, -0.2) is 30.3 Å². The molecule has 0 saturated heterocycles. The van der Waals surface area contributed by atoms with Crippen LogP contribution >= 0.6 is 11.6 Å². The van der Waals surface area contributed by atoms with E-state index >= 15 is 0 Å². The lowest BCUT2D eigenvalue weighted by Gasteiger charge is -2.31. The molecule has 1 atom stereocenters. The first-order valence-electron chi connectivity index (χ1n) is 7.93. The Kier molecular flexibility index (Phi) is 6.45. The van der Waals surface area contributed by atoms with Gasteiger partial charge in [-0.1, -0.05) is 41.9 Å². The van der Waals surface area contributed by atoms with Crippen molar-refractivity contribution in [3.63, 3.8) is 0 Å². The van der Waals surface area contributed by atoms with E-state index in [-0.39, 0.29) is 22.9 Å². The average Bonchev–Trinajstić information content (AvgIpc) is 2.61. The van der Waals surface area contributed by atoms with Gasteiger partial charge >= 0.3 is 17.8 Å². The summed E-state index contributed by atoms with van der Waals surface area (Å²) < 4.78 is 46.7. The minimum Gasteiger partial charge on any atom is -0.460 e. The third kappa shape index (κ3) is 4.58. The Hall–Kier alpha value is -2.58. The van der Waals surface area contributed by atoms with Crippen molar-refractivity contribution in [3.05, 3.63) is 65.2 Å². The number of hydrogen-bond donors (Lipinski definition) is 2. The Morgan fingerprint density at radius 2 is 1.67 bits per heavy atom. The van der Waals surface area contributed by atoms with E-state index in [0.717, 1.165) is 0 Å². The Bertz CT molecular complexity index is 815. The molecule has 0 aliphatic rings.